The quantitative estimate of drug-likeness (QED) is 0.372. The Labute approximate surface area is 146 Å². The molecule has 0 radical (unpaired) electrons. The summed E-state index contributed by atoms with van der Waals surface area (Å²) in [4.78, 5) is 14.5. The van der Waals surface area contributed by atoms with Gasteiger partial charge in [-0.1, -0.05) is 42.1 Å². The van der Waals surface area contributed by atoms with Gasteiger partial charge in [-0.15, -0.1) is 22.7 Å². The molecule has 0 aliphatic carbocycles. The van der Waals surface area contributed by atoms with Crippen molar-refractivity contribution in [3.63, 3.8) is 0 Å². The Morgan fingerprint density at radius 2 is 1.91 bits per heavy atom. The van der Waals surface area contributed by atoms with E-state index in [1.54, 1.807) is 40.8 Å². The zero-order valence-electron chi connectivity index (χ0n) is 12.2. The standard InChI is InChI=1S/C17H13N3S3/c1-2-4-12(5-3-1)8-15-20-13(9-22-15)10-23-17-14-6-7-21-16(14)18-11-19-17/h1-7,9,11H,8,10H2. The molecule has 0 saturated carbocycles. The molecule has 23 heavy (non-hydrogen) atoms. The predicted molar refractivity (Wildman–Crippen MR) is 98.3 cm³/mol. The monoisotopic (exact) mass is 355 g/mol. The van der Waals surface area contributed by atoms with Gasteiger partial charge in [0.05, 0.1) is 10.7 Å². The van der Waals surface area contributed by atoms with Gasteiger partial charge >= 0.3 is 0 Å². The molecule has 0 aliphatic heterocycles. The third-order valence-corrected chi connectivity index (χ3v) is 6.14. The van der Waals surface area contributed by atoms with E-state index in [0.717, 1.165) is 38.1 Å². The second-order valence-electron chi connectivity index (χ2n) is 5.00. The zero-order chi connectivity index (χ0) is 15.5. The highest BCUT2D eigenvalue weighted by Crippen LogP contribution is 2.30. The average molecular weight is 356 g/mol. The van der Waals surface area contributed by atoms with Crippen molar-refractivity contribution in [3.8, 4) is 0 Å². The van der Waals surface area contributed by atoms with Crippen molar-refractivity contribution in [3.05, 3.63) is 69.8 Å². The first-order valence-corrected chi connectivity index (χ1v) is 9.91. The lowest BCUT2D eigenvalue weighted by Gasteiger charge is -2.00. The molecule has 0 N–H and O–H groups in total. The molecular weight excluding hydrogens is 342 g/mol. The molecular formula is C17H13N3S3. The molecule has 6 heteroatoms. The smallest absolute Gasteiger partial charge is 0.127 e. The number of hydrogen-bond donors (Lipinski definition) is 0. The number of thiazole rings is 1. The number of aromatic nitrogens is 3. The van der Waals surface area contributed by atoms with Gasteiger partial charge in [-0.3, -0.25) is 0 Å². The van der Waals surface area contributed by atoms with Gasteiger partial charge in [0.15, 0.2) is 0 Å². The minimum Gasteiger partial charge on any atom is -0.245 e. The lowest BCUT2D eigenvalue weighted by molar-refractivity contribution is 1.08. The highest BCUT2D eigenvalue weighted by Gasteiger charge is 2.08. The summed E-state index contributed by atoms with van der Waals surface area (Å²) in [6, 6.07) is 12.6. The van der Waals surface area contributed by atoms with Crippen molar-refractivity contribution in [2.75, 3.05) is 0 Å². The Morgan fingerprint density at radius 3 is 2.83 bits per heavy atom. The van der Waals surface area contributed by atoms with Crippen LogP contribution in [0, 0.1) is 0 Å². The summed E-state index contributed by atoms with van der Waals surface area (Å²) < 4.78 is 0. The fourth-order valence-corrected chi connectivity index (χ4v) is 4.90. The van der Waals surface area contributed by atoms with E-state index in [4.69, 9.17) is 4.98 Å². The Bertz CT molecular complexity index is 915. The van der Waals surface area contributed by atoms with E-state index < -0.39 is 0 Å². The number of nitrogens with zero attached hydrogens (tertiary/aromatic N) is 3. The molecule has 0 unspecified atom stereocenters. The molecule has 0 atom stereocenters. The summed E-state index contributed by atoms with van der Waals surface area (Å²) in [6.45, 7) is 0. The molecule has 4 rings (SSSR count). The molecule has 114 valence electrons. The molecule has 0 aliphatic rings. The van der Waals surface area contributed by atoms with E-state index in [0.29, 0.717) is 0 Å². The third-order valence-electron chi connectivity index (χ3n) is 3.38. The molecule has 0 fully saturated rings. The van der Waals surface area contributed by atoms with Crippen LogP contribution in [0.4, 0.5) is 0 Å². The van der Waals surface area contributed by atoms with Gasteiger partial charge in [0.1, 0.15) is 16.2 Å². The van der Waals surface area contributed by atoms with Crippen molar-refractivity contribution in [1.29, 1.82) is 0 Å². The number of hydrogen-bond acceptors (Lipinski definition) is 6. The van der Waals surface area contributed by atoms with E-state index in [1.807, 2.05) is 6.07 Å². The van der Waals surface area contributed by atoms with Crippen LogP contribution in [0.25, 0.3) is 10.2 Å². The first-order chi connectivity index (χ1) is 11.4. The SMILES string of the molecule is c1ccc(Cc2nc(CSc3ncnc4sccc34)cs2)cc1. The Hall–Kier alpha value is -1.76. The van der Waals surface area contributed by atoms with Crippen LogP contribution >= 0.6 is 34.4 Å². The summed E-state index contributed by atoms with van der Waals surface area (Å²) in [6.07, 6.45) is 2.54. The summed E-state index contributed by atoms with van der Waals surface area (Å²) >= 11 is 5.11. The summed E-state index contributed by atoms with van der Waals surface area (Å²) in [5.41, 5.74) is 2.42. The van der Waals surface area contributed by atoms with E-state index >= 15 is 0 Å². The van der Waals surface area contributed by atoms with Crippen LogP contribution in [0.5, 0.6) is 0 Å². The van der Waals surface area contributed by atoms with Gasteiger partial charge in [-0.25, -0.2) is 15.0 Å². The topological polar surface area (TPSA) is 38.7 Å². The minimum absolute atomic E-state index is 0.841. The van der Waals surface area contributed by atoms with E-state index in [2.05, 4.69) is 51.1 Å². The molecule has 1 aromatic carbocycles. The van der Waals surface area contributed by atoms with Crippen molar-refractivity contribution in [2.24, 2.45) is 0 Å². The van der Waals surface area contributed by atoms with Crippen molar-refractivity contribution in [1.82, 2.24) is 15.0 Å². The maximum Gasteiger partial charge on any atom is 0.127 e. The maximum atomic E-state index is 4.75. The van der Waals surface area contributed by atoms with Crippen LogP contribution in [-0.4, -0.2) is 15.0 Å². The van der Waals surface area contributed by atoms with Crippen LogP contribution in [0.1, 0.15) is 16.3 Å². The molecule has 0 bridgehead atoms. The first-order valence-electron chi connectivity index (χ1n) is 7.17. The molecule has 3 aromatic heterocycles. The van der Waals surface area contributed by atoms with Gasteiger partial charge in [-0.05, 0) is 17.0 Å². The number of fused-ring (bicyclic) bond motifs is 1. The lowest BCUT2D eigenvalue weighted by atomic mass is 10.2. The van der Waals surface area contributed by atoms with Gasteiger partial charge in [0.2, 0.25) is 0 Å². The largest absolute Gasteiger partial charge is 0.245 e. The van der Waals surface area contributed by atoms with Crippen LogP contribution < -0.4 is 0 Å². The molecule has 3 heterocycles. The molecule has 0 spiro atoms. The Balaban J connectivity index is 1.45. The lowest BCUT2D eigenvalue weighted by Crippen LogP contribution is -1.89. The van der Waals surface area contributed by atoms with Crippen LogP contribution in [0.15, 0.2) is 58.5 Å². The number of thiophene rings is 1. The molecule has 0 saturated heterocycles. The van der Waals surface area contributed by atoms with E-state index in [9.17, 15) is 0 Å². The fourth-order valence-electron chi connectivity index (χ4n) is 2.29. The number of thioether (sulfide) groups is 1. The zero-order valence-corrected chi connectivity index (χ0v) is 14.6. The minimum atomic E-state index is 0.841. The van der Waals surface area contributed by atoms with E-state index in [-0.39, 0.29) is 0 Å². The molecule has 0 amide bonds. The molecule has 3 nitrogen and oxygen atoms in total. The number of rotatable bonds is 5. The number of benzene rings is 1. The predicted octanol–water partition coefficient (Wildman–Crippen LogP) is 5.03. The highest BCUT2D eigenvalue weighted by atomic mass is 32.2. The first kappa shape index (κ1) is 14.8. The van der Waals surface area contributed by atoms with Crippen LogP contribution in [-0.2, 0) is 12.2 Å². The van der Waals surface area contributed by atoms with Crippen molar-refractivity contribution < 1.29 is 0 Å². The summed E-state index contributed by atoms with van der Waals surface area (Å²) in [7, 11) is 0. The van der Waals surface area contributed by atoms with Crippen molar-refractivity contribution >= 4 is 44.7 Å². The Morgan fingerprint density at radius 1 is 1.00 bits per heavy atom. The van der Waals surface area contributed by atoms with Crippen molar-refractivity contribution in [2.45, 2.75) is 17.2 Å². The van der Waals surface area contributed by atoms with Gasteiger partial charge in [0, 0.05) is 22.9 Å². The molecule has 4 aromatic rings. The maximum absolute atomic E-state index is 4.75. The second-order valence-corrected chi connectivity index (χ2v) is 7.80. The van der Waals surface area contributed by atoms with Gasteiger partial charge in [-0.2, -0.15) is 0 Å². The summed E-state index contributed by atoms with van der Waals surface area (Å²) in [5, 5.41) is 7.55. The van der Waals surface area contributed by atoms with Gasteiger partial charge < -0.3 is 0 Å². The Kier molecular flexibility index (Phi) is 4.37. The van der Waals surface area contributed by atoms with Crippen LogP contribution in [0.2, 0.25) is 0 Å². The second kappa shape index (κ2) is 6.78. The fraction of sp³-hybridized carbons (Fsp3) is 0.118. The van der Waals surface area contributed by atoms with E-state index in [1.165, 1.54) is 5.56 Å². The average Bonchev–Trinajstić information content (AvgIpc) is 3.23. The third kappa shape index (κ3) is 3.44. The normalized spacial score (nSPS) is 11.1. The van der Waals surface area contributed by atoms with Crippen LogP contribution in [0.3, 0.4) is 0 Å². The van der Waals surface area contributed by atoms with Gasteiger partial charge in [0.25, 0.3) is 0 Å². The highest BCUT2D eigenvalue weighted by molar-refractivity contribution is 7.98. The summed E-state index contributed by atoms with van der Waals surface area (Å²) in [5.74, 6) is 0.841.